The number of hydrogen-bond donors (Lipinski definition) is 1. The maximum absolute atomic E-state index is 8.59. The highest BCUT2D eigenvalue weighted by atomic mass is 14.6. The summed E-state index contributed by atoms with van der Waals surface area (Å²) < 4.78 is 0. The van der Waals surface area contributed by atoms with E-state index in [1.165, 1.54) is 0 Å². The Hall–Kier alpha value is -0.550. The summed E-state index contributed by atoms with van der Waals surface area (Å²) in [5, 5.41) is 8.59. The van der Waals surface area contributed by atoms with Crippen LogP contribution in [0.4, 0.5) is 0 Å². The monoisotopic (exact) mass is 140 g/mol. The van der Waals surface area contributed by atoms with Crippen LogP contribution in [0, 0.1) is 17.2 Å². The lowest BCUT2D eigenvalue weighted by Crippen LogP contribution is -2.28. The number of nitriles is 1. The molecule has 2 atom stereocenters. The Balaban J connectivity index is 3.67. The van der Waals surface area contributed by atoms with E-state index in [0.717, 1.165) is 19.3 Å². The molecule has 0 spiro atoms. The summed E-state index contributed by atoms with van der Waals surface area (Å²) in [7, 11) is 0. The molecule has 58 valence electrons. The molecule has 10 heavy (non-hydrogen) atoms. The molecule has 2 heteroatoms. The molecular weight excluding hydrogens is 124 g/mol. The molecule has 2 N–H and O–H groups in total. The molecule has 2 nitrogen and oxygen atoms in total. The van der Waals surface area contributed by atoms with E-state index in [1.54, 1.807) is 0 Å². The number of nitrogens with zero attached hydrogens (tertiary/aromatic N) is 1. The largest absolute Gasteiger partial charge is 0.327 e. The predicted octanol–water partition coefficient (Wildman–Crippen LogP) is 1.66. The minimum Gasteiger partial charge on any atom is -0.327 e. The Morgan fingerprint density at radius 2 is 2.10 bits per heavy atom. The van der Waals surface area contributed by atoms with E-state index in [0.29, 0.717) is 0 Å². The first-order valence-electron chi connectivity index (χ1n) is 3.91. The Kier molecular flexibility index (Phi) is 4.96. The van der Waals surface area contributed by atoms with Gasteiger partial charge in [0.05, 0.1) is 12.0 Å². The topological polar surface area (TPSA) is 49.8 Å². The molecule has 0 aliphatic rings. The summed E-state index contributed by atoms with van der Waals surface area (Å²) >= 11 is 0. The van der Waals surface area contributed by atoms with Crippen LogP contribution in [-0.4, -0.2) is 6.04 Å². The lowest BCUT2D eigenvalue weighted by Gasteiger charge is -2.13. The van der Waals surface area contributed by atoms with Crippen molar-refractivity contribution in [3.63, 3.8) is 0 Å². The van der Waals surface area contributed by atoms with Crippen molar-refractivity contribution in [2.45, 2.75) is 39.2 Å². The Labute approximate surface area is 63.0 Å². The van der Waals surface area contributed by atoms with Gasteiger partial charge in [0.2, 0.25) is 0 Å². The quantitative estimate of drug-likeness (QED) is 0.645. The van der Waals surface area contributed by atoms with Crippen LogP contribution in [0.15, 0.2) is 0 Å². The second-order valence-corrected chi connectivity index (χ2v) is 2.60. The first-order chi connectivity index (χ1) is 4.76. The van der Waals surface area contributed by atoms with E-state index in [-0.39, 0.29) is 12.0 Å². The first-order valence-corrected chi connectivity index (χ1v) is 3.91. The van der Waals surface area contributed by atoms with Crippen molar-refractivity contribution in [2.75, 3.05) is 0 Å². The summed E-state index contributed by atoms with van der Waals surface area (Å²) in [5.41, 5.74) is 5.73. The standard InChI is InChI=1S/C8H16N2/c1-3-5-8(10)7(4-2)6-9/h7-8H,3-5,10H2,1-2H3. The maximum atomic E-state index is 8.59. The molecule has 0 heterocycles. The first kappa shape index (κ1) is 9.45. The van der Waals surface area contributed by atoms with Gasteiger partial charge in [0.1, 0.15) is 0 Å². The zero-order valence-corrected chi connectivity index (χ0v) is 6.80. The van der Waals surface area contributed by atoms with Crippen LogP contribution in [0.2, 0.25) is 0 Å². The summed E-state index contributed by atoms with van der Waals surface area (Å²) in [6.07, 6.45) is 2.91. The number of rotatable bonds is 4. The van der Waals surface area contributed by atoms with Gasteiger partial charge in [-0.1, -0.05) is 20.3 Å². The van der Waals surface area contributed by atoms with E-state index in [9.17, 15) is 0 Å². The zero-order chi connectivity index (χ0) is 7.98. The van der Waals surface area contributed by atoms with E-state index >= 15 is 0 Å². The lowest BCUT2D eigenvalue weighted by molar-refractivity contribution is 0.465. The van der Waals surface area contributed by atoms with Crippen molar-refractivity contribution in [1.82, 2.24) is 0 Å². The Bertz CT molecular complexity index is 115. The van der Waals surface area contributed by atoms with Crippen LogP contribution in [0.5, 0.6) is 0 Å². The third-order valence-electron chi connectivity index (χ3n) is 1.74. The van der Waals surface area contributed by atoms with Gasteiger partial charge in [-0.15, -0.1) is 0 Å². The molecular formula is C8H16N2. The van der Waals surface area contributed by atoms with Crippen LogP contribution in [0.25, 0.3) is 0 Å². The summed E-state index contributed by atoms with van der Waals surface area (Å²) in [4.78, 5) is 0. The van der Waals surface area contributed by atoms with Gasteiger partial charge in [-0.25, -0.2) is 0 Å². The number of nitrogens with two attached hydrogens (primary N) is 1. The minimum atomic E-state index is 0.0555. The molecule has 0 aromatic carbocycles. The van der Waals surface area contributed by atoms with Crippen molar-refractivity contribution in [3.05, 3.63) is 0 Å². The molecule has 0 aromatic heterocycles. The predicted molar refractivity (Wildman–Crippen MR) is 42.3 cm³/mol. The Morgan fingerprint density at radius 3 is 2.40 bits per heavy atom. The third kappa shape index (κ3) is 2.84. The fourth-order valence-electron chi connectivity index (χ4n) is 1.02. The van der Waals surface area contributed by atoms with Gasteiger partial charge in [0, 0.05) is 6.04 Å². The third-order valence-corrected chi connectivity index (χ3v) is 1.74. The molecule has 0 amide bonds. The van der Waals surface area contributed by atoms with Crippen molar-refractivity contribution in [1.29, 1.82) is 5.26 Å². The molecule has 0 saturated heterocycles. The average Bonchev–Trinajstić information content (AvgIpc) is 1.91. The fraction of sp³-hybridized carbons (Fsp3) is 0.875. The average molecular weight is 140 g/mol. The van der Waals surface area contributed by atoms with Gasteiger partial charge in [-0.3, -0.25) is 0 Å². The molecule has 0 rings (SSSR count). The van der Waals surface area contributed by atoms with E-state index in [4.69, 9.17) is 11.0 Å². The van der Waals surface area contributed by atoms with Crippen molar-refractivity contribution < 1.29 is 0 Å². The van der Waals surface area contributed by atoms with Crippen LogP contribution < -0.4 is 5.73 Å². The van der Waals surface area contributed by atoms with Crippen molar-refractivity contribution in [3.8, 4) is 6.07 Å². The molecule has 0 aliphatic carbocycles. The van der Waals surface area contributed by atoms with Gasteiger partial charge in [0.25, 0.3) is 0 Å². The zero-order valence-electron chi connectivity index (χ0n) is 6.80. The van der Waals surface area contributed by atoms with E-state index < -0.39 is 0 Å². The molecule has 2 unspecified atom stereocenters. The van der Waals surface area contributed by atoms with Gasteiger partial charge < -0.3 is 5.73 Å². The maximum Gasteiger partial charge on any atom is 0.0672 e. The van der Waals surface area contributed by atoms with Gasteiger partial charge in [0.15, 0.2) is 0 Å². The molecule has 0 aromatic rings. The molecule has 0 radical (unpaired) electrons. The summed E-state index contributed by atoms with van der Waals surface area (Å²) in [6.45, 7) is 4.09. The highest BCUT2D eigenvalue weighted by Crippen LogP contribution is 2.09. The SMILES string of the molecule is CCCC(N)C(C#N)CC. The molecule has 0 fully saturated rings. The minimum absolute atomic E-state index is 0.0555. The number of hydrogen-bond acceptors (Lipinski definition) is 2. The molecule has 0 aliphatic heterocycles. The molecule has 0 bridgehead atoms. The summed E-state index contributed by atoms with van der Waals surface area (Å²) in [5.74, 6) is 0.0555. The smallest absolute Gasteiger partial charge is 0.0672 e. The van der Waals surface area contributed by atoms with E-state index in [1.807, 2.05) is 6.92 Å². The van der Waals surface area contributed by atoms with Gasteiger partial charge in [-0.05, 0) is 12.8 Å². The second-order valence-electron chi connectivity index (χ2n) is 2.60. The highest BCUT2D eigenvalue weighted by Gasteiger charge is 2.12. The van der Waals surface area contributed by atoms with Crippen molar-refractivity contribution >= 4 is 0 Å². The van der Waals surface area contributed by atoms with Crippen molar-refractivity contribution in [2.24, 2.45) is 11.7 Å². The fourth-order valence-corrected chi connectivity index (χ4v) is 1.02. The van der Waals surface area contributed by atoms with Crippen LogP contribution >= 0.6 is 0 Å². The normalized spacial score (nSPS) is 15.8. The second kappa shape index (κ2) is 5.25. The summed E-state index contributed by atoms with van der Waals surface area (Å²) in [6, 6.07) is 2.29. The highest BCUT2D eigenvalue weighted by molar-refractivity contribution is 4.89. The van der Waals surface area contributed by atoms with Crippen LogP contribution in [0.3, 0.4) is 0 Å². The van der Waals surface area contributed by atoms with Gasteiger partial charge in [-0.2, -0.15) is 5.26 Å². The van der Waals surface area contributed by atoms with Gasteiger partial charge >= 0.3 is 0 Å². The lowest BCUT2D eigenvalue weighted by atomic mass is 9.96. The molecule has 0 saturated carbocycles. The Morgan fingerprint density at radius 1 is 1.50 bits per heavy atom. The van der Waals surface area contributed by atoms with Crippen LogP contribution in [-0.2, 0) is 0 Å². The van der Waals surface area contributed by atoms with E-state index in [2.05, 4.69) is 13.0 Å². The van der Waals surface area contributed by atoms with Crippen LogP contribution in [0.1, 0.15) is 33.1 Å².